The molecule has 0 radical (unpaired) electrons. The Bertz CT molecular complexity index is 2360. The maximum Gasteiger partial charge on any atom is 0.326 e. The number of aliphatic carboxylic acids is 1. The number of aryl methyl sites for hydroxylation is 1. The molecule has 2 amide bonds. The van der Waals surface area contributed by atoms with Gasteiger partial charge in [0.05, 0.1) is 6.61 Å². The van der Waals surface area contributed by atoms with E-state index >= 15 is 0 Å². The Morgan fingerprint density at radius 3 is 2.40 bits per heavy atom. The number of hydrogen-bond donors (Lipinski definition) is 3. The Morgan fingerprint density at radius 1 is 0.900 bits per heavy atom. The normalized spacial score (nSPS) is 17.9. The van der Waals surface area contributed by atoms with Crippen molar-refractivity contribution in [3.63, 3.8) is 0 Å². The SMILES string of the molecule is Cc1nccc(Oc2ccc(CC(NC(=O)[C@@H]3Cc4cc5c(cc4CN3C(=O)c3cccc(O)c3)O[C@@H](c3ccc(OCC4CCCCC4)cc3)CO5)C(=O)O)cc2)c1C. The number of fused-ring (bicyclic) bond motifs is 2. The molecule has 12 nitrogen and oxygen atoms in total. The van der Waals surface area contributed by atoms with E-state index in [0.29, 0.717) is 34.5 Å². The first kappa shape index (κ1) is 40.2. The van der Waals surface area contributed by atoms with Gasteiger partial charge in [-0.1, -0.05) is 49.6 Å². The highest BCUT2D eigenvalue weighted by molar-refractivity contribution is 5.99. The molecule has 5 aromatic rings. The van der Waals surface area contributed by atoms with Crippen molar-refractivity contribution in [3.05, 3.63) is 136 Å². The monoisotopic (exact) mass is 811 g/mol. The van der Waals surface area contributed by atoms with Crippen molar-refractivity contribution >= 4 is 17.8 Å². The Morgan fingerprint density at radius 2 is 1.65 bits per heavy atom. The van der Waals surface area contributed by atoms with Crippen LogP contribution in [0.3, 0.4) is 0 Å². The van der Waals surface area contributed by atoms with E-state index in [1.54, 1.807) is 48.7 Å². The Balaban J connectivity index is 0.976. The minimum atomic E-state index is -1.29. The smallest absolute Gasteiger partial charge is 0.326 e. The molecule has 1 unspecified atom stereocenters. The molecule has 0 bridgehead atoms. The van der Waals surface area contributed by atoms with Gasteiger partial charge < -0.3 is 39.4 Å². The van der Waals surface area contributed by atoms with E-state index in [2.05, 4.69) is 10.3 Å². The lowest BCUT2D eigenvalue weighted by Gasteiger charge is -2.37. The van der Waals surface area contributed by atoms with Gasteiger partial charge in [0, 0.05) is 42.4 Å². The molecule has 3 heterocycles. The van der Waals surface area contributed by atoms with E-state index < -0.39 is 29.9 Å². The van der Waals surface area contributed by atoms with Crippen LogP contribution in [0.25, 0.3) is 0 Å². The van der Waals surface area contributed by atoms with Crippen LogP contribution < -0.4 is 24.3 Å². The lowest BCUT2D eigenvalue weighted by Crippen LogP contribution is -2.56. The fourth-order valence-electron chi connectivity index (χ4n) is 8.17. The van der Waals surface area contributed by atoms with E-state index in [0.717, 1.165) is 40.3 Å². The summed E-state index contributed by atoms with van der Waals surface area (Å²) in [7, 11) is 0. The highest BCUT2D eigenvalue weighted by Gasteiger charge is 2.38. The predicted molar refractivity (Wildman–Crippen MR) is 223 cm³/mol. The lowest BCUT2D eigenvalue weighted by atomic mass is 9.90. The van der Waals surface area contributed by atoms with Crippen LogP contribution in [0.1, 0.15) is 82.1 Å². The van der Waals surface area contributed by atoms with Gasteiger partial charge in [-0.15, -0.1) is 0 Å². The average molecular weight is 812 g/mol. The maximum atomic E-state index is 14.2. The first-order valence-electron chi connectivity index (χ1n) is 20.6. The summed E-state index contributed by atoms with van der Waals surface area (Å²) >= 11 is 0. The summed E-state index contributed by atoms with van der Waals surface area (Å²) in [6.45, 7) is 4.87. The third kappa shape index (κ3) is 9.17. The number of aromatic nitrogens is 1. The number of carboxylic acids is 1. The molecule has 12 heteroatoms. The average Bonchev–Trinajstić information content (AvgIpc) is 3.26. The van der Waals surface area contributed by atoms with Gasteiger partial charge in [0.2, 0.25) is 5.91 Å². The van der Waals surface area contributed by atoms with Crippen molar-refractivity contribution in [3.8, 4) is 34.5 Å². The number of phenolic OH excluding ortho intramolecular Hbond substituents is 1. The van der Waals surface area contributed by atoms with Gasteiger partial charge in [-0.25, -0.2) is 4.79 Å². The fraction of sp³-hybridized carbons (Fsp3) is 0.333. The van der Waals surface area contributed by atoms with Crippen molar-refractivity contribution in [1.82, 2.24) is 15.2 Å². The third-order valence-electron chi connectivity index (χ3n) is 11.8. The second-order valence-corrected chi connectivity index (χ2v) is 15.9. The Labute approximate surface area is 349 Å². The number of rotatable bonds is 12. The molecule has 60 heavy (non-hydrogen) atoms. The van der Waals surface area contributed by atoms with Crippen LogP contribution >= 0.6 is 0 Å². The molecule has 310 valence electrons. The van der Waals surface area contributed by atoms with Gasteiger partial charge in [0.15, 0.2) is 17.6 Å². The number of carboxylic acid groups (broad SMARTS) is 1. The standard InChI is InChI=1S/C48H49N3O9/c1-29-30(2)49-20-19-42(29)59-39-15-11-31(12-16-39)21-40(48(55)56)50-46(53)41-23-35-24-43-44(25-36(35)26-51(41)47(54)34-9-6-10-37(52)22-34)60-45(28-58-43)33-13-17-38(18-14-33)57-27-32-7-4-3-5-8-32/h6,9-20,22,24-25,32,40-41,45,52H,3-5,7-8,21,23,26-28H2,1-2H3,(H,50,53)(H,55,56)/t40?,41-,45+/m0/s1. The minimum absolute atomic E-state index is 0.00533. The molecular formula is C48H49N3O9. The largest absolute Gasteiger partial charge is 0.508 e. The van der Waals surface area contributed by atoms with Crippen molar-refractivity contribution in [1.29, 1.82) is 0 Å². The summed E-state index contributed by atoms with van der Waals surface area (Å²) in [5.74, 6) is 1.29. The second-order valence-electron chi connectivity index (χ2n) is 15.9. The first-order valence-corrected chi connectivity index (χ1v) is 20.6. The number of aromatic hydroxyl groups is 1. The van der Waals surface area contributed by atoms with Gasteiger partial charge in [-0.05, 0) is 116 Å². The van der Waals surface area contributed by atoms with Crippen molar-refractivity contribution in [2.45, 2.75) is 83.5 Å². The molecule has 3 atom stereocenters. The topological polar surface area (TPSA) is 157 Å². The number of hydrogen-bond acceptors (Lipinski definition) is 9. The maximum absolute atomic E-state index is 14.2. The van der Waals surface area contributed by atoms with Crippen LogP contribution in [0.5, 0.6) is 34.5 Å². The fourth-order valence-corrected chi connectivity index (χ4v) is 8.17. The number of phenols is 1. The van der Waals surface area contributed by atoms with Crippen LogP contribution in [0.15, 0.2) is 97.2 Å². The molecule has 1 saturated carbocycles. The molecule has 2 aliphatic heterocycles. The number of amides is 2. The number of carbonyl (C=O) groups excluding carboxylic acids is 2. The van der Waals surface area contributed by atoms with Crippen molar-refractivity contribution in [2.75, 3.05) is 13.2 Å². The van der Waals surface area contributed by atoms with Gasteiger partial charge >= 0.3 is 5.97 Å². The summed E-state index contributed by atoms with van der Waals surface area (Å²) in [5, 5.41) is 23.2. The van der Waals surface area contributed by atoms with Crippen LogP contribution in [0, 0.1) is 19.8 Å². The molecule has 8 rings (SSSR count). The number of pyridine rings is 1. The summed E-state index contributed by atoms with van der Waals surface area (Å²) in [6, 6.07) is 24.0. The summed E-state index contributed by atoms with van der Waals surface area (Å²) in [5.41, 5.74) is 5.10. The predicted octanol–water partition coefficient (Wildman–Crippen LogP) is 8.05. The molecule has 3 N–H and O–H groups in total. The van der Waals surface area contributed by atoms with Crippen LogP contribution in [-0.2, 0) is 29.0 Å². The Kier molecular flexibility index (Phi) is 11.9. The first-order chi connectivity index (χ1) is 29.1. The molecule has 1 aromatic heterocycles. The zero-order chi connectivity index (χ0) is 41.8. The number of ether oxygens (including phenoxy) is 4. The number of benzene rings is 4. The summed E-state index contributed by atoms with van der Waals surface area (Å²) in [4.78, 5) is 46.6. The van der Waals surface area contributed by atoms with Crippen molar-refractivity contribution < 1.29 is 43.5 Å². The van der Waals surface area contributed by atoms with Gasteiger partial charge in [0.1, 0.15) is 41.7 Å². The van der Waals surface area contributed by atoms with Gasteiger partial charge in [-0.2, -0.15) is 0 Å². The van der Waals surface area contributed by atoms with E-state index in [-0.39, 0.29) is 43.4 Å². The van der Waals surface area contributed by atoms with E-state index in [9.17, 15) is 24.6 Å². The van der Waals surface area contributed by atoms with Crippen LogP contribution in [-0.4, -0.2) is 63.2 Å². The van der Waals surface area contributed by atoms with Gasteiger partial charge in [0.25, 0.3) is 5.91 Å². The van der Waals surface area contributed by atoms with E-state index in [1.165, 1.54) is 49.1 Å². The lowest BCUT2D eigenvalue weighted by molar-refractivity contribution is -0.142. The molecule has 0 saturated heterocycles. The van der Waals surface area contributed by atoms with E-state index in [1.807, 2.05) is 50.2 Å². The molecule has 1 aliphatic carbocycles. The second kappa shape index (κ2) is 17.7. The zero-order valence-corrected chi connectivity index (χ0v) is 33.8. The highest BCUT2D eigenvalue weighted by atomic mass is 16.6. The van der Waals surface area contributed by atoms with Gasteiger partial charge in [-0.3, -0.25) is 14.6 Å². The highest BCUT2D eigenvalue weighted by Crippen LogP contribution is 2.41. The minimum Gasteiger partial charge on any atom is -0.508 e. The molecule has 1 fully saturated rings. The number of nitrogens with one attached hydrogen (secondary N) is 1. The van der Waals surface area contributed by atoms with E-state index in [4.69, 9.17) is 18.9 Å². The summed E-state index contributed by atoms with van der Waals surface area (Å²) in [6.07, 6.45) is 7.69. The van der Waals surface area contributed by atoms with Crippen LogP contribution in [0.2, 0.25) is 0 Å². The van der Waals surface area contributed by atoms with Crippen LogP contribution in [0.4, 0.5) is 0 Å². The molecule has 3 aliphatic rings. The summed E-state index contributed by atoms with van der Waals surface area (Å²) < 4.78 is 24.8. The molecule has 0 spiro atoms. The quantitative estimate of drug-likeness (QED) is 0.113. The third-order valence-corrected chi connectivity index (χ3v) is 11.8. The zero-order valence-electron chi connectivity index (χ0n) is 33.8. The van der Waals surface area contributed by atoms with Crippen molar-refractivity contribution in [2.24, 2.45) is 5.92 Å². The number of nitrogens with zero attached hydrogens (tertiary/aromatic N) is 2. The molecule has 4 aromatic carbocycles. The Hall–Kier alpha value is -6.56. The number of carbonyl (C=O) groups is 3. The molecular weight excluding hydrogens is 763 g/mol.